The Morgan fingerprint density at radius 3 is 2.00 bits per heavy atom. The maximum absolute atomic E-state index is 9.61. The lowest BCUT2D eigenvalue weighted by atomic mass is 9.77. The van der Waals surface area contributed by atoms with Crippen LogP contribution in [0.15, 0.2) is 72.1 Å². The average Bonchev–Trinajstić information content (AvgIpc) is 2.62. The first-order chi connectivity index (χ1) is 11.6. The summed E-state index contributed by atoms with van der Waals surface area (Å²) in [6, 6.07) is 22.2. The molecule has 1 heterocycles. The largest absolute Gasteiger partial charge is 0.440 e. The van der Waals surface area contributed by atoms with Gasteiger partial charge in [0.1, 0.15) is 11.8 Å². The Hall–Kier alpha value is -2.99. The first-order valence-corrected chi connectivity index (χ1v) is 8.06. The molecule has 120 valence electrons. The molecule has 1 aliphatic heterocycles. The second-order valence-corrected chi connectivity index (χ2v) is 6.19. The van der Waals surface area contributed by atoms with Crippen molar-refractivity contribution in [3.05, 3.63) is 83.2 Å². The second kappa shape index (κ2) is 6.64. The summed E-state index contributed by atoms with van der Waals surface area (Å²) in [5.74, 6) is 1.06. The highest BCUT2D eigenvalue weighted by atomic mass is 16.5. The van der Waals surface area contributed by atoms with Crippen LogP contribution in [0.25, 0.3) is 11.3 Å². The Bertz CT molecular complexity index is 827. The van der Waals surface area contributed by atoms with Crippen LogP contribution in [-0.4, -0.2) is 0 Å². The average molecular weight is 316 g/mol. The molecule has 3 heteroatoms. The van der Waals surface area contributed by atoms with Gasteiger partial charge in [0.2, 0.25) is 5.88 Å². The molecule has 24 heavy (non-hydrogen) atoms. The molecule has 2 aromatic rings. The standard InChI is InChI=1S/C21H20N2O/c1-14(2)18-17(13-22)21(23)24-20(16-11-7-4-8-12-16)19(18)15-9-5-3-6-10-15/h3-12,14,18H,23H2,1-2H3/t18-/m1/s1. The summed E-state index contributed by atoms with van der Waals surface area (Å²) in [7, 11) is 0. The first-order valence-electron chi connectivity index (χ1n) is 8.06. The molecule has 0 saturated carbocycles. The quantitative estimate of drug-likeness (QED) is 0.903. The predicted octanol–water partition coefficient (Wildman–Crippen LogP) is 4.55. The monoisotopic (exact) mass is 316 g/mol. The van der Waals surface area contributed by atoms with Crippen LogP contribution < -0.4 is 5.73 Å². The minimum Gasteiger partial charge on any atom is -0.440 e. The van der Waals surface area contributed by atoms with Crippen molar-refractivity contribution in [2.45, 2.75) is 13.8 Å². The second-order valence-electron chi connectivity index (χ2n) is 6.19. The number of benzene rings is 2. The summed E-state index contributed by atoms with van der Waals surface area (Å²) in [5.41, 5.74) is 9.62. The lowest BCUT2D eigenvalue weighted by Gasteiger charge is -2.31. The predicted molar refractivity (Wildman–Crippen MR) is 95.9 cm³/mol. The van der Waals surface area contributed by atoms with Gasteiger partial charge in [-0.25, -0.2) is 0 Å². The number of nitriles is 1. The highest BCUT2D eigenvalue weighted by Gasteiger charge is 2.34. The number of ether oxygens (including phenoxy) is 1. The summed E-state index contributed by atoms with van der Waals surface area (Å²) in [6.45, 7) is 4.21. The minimum atomic E-state index is -0.0960. The zero-order valence-electron chi connectivity index (χ0n) is 13.9. The summed E-state index contributed by atoms with van der Waals surface area (Å²) >= 11 is 0. The molecule has 2 aromatic carbocycles. The van der Waals surface area contributed by atoms with Crippen molar-refractivity contribution in [3.63, 3.8) is 0 Å². The summed E-state index contributed by atoms with van der Waals surface area (Å²) in [5, 5.41) is 9.61. The van der Waals surface area contributed by atoms with Crippen LogP contribution in [-0.2, 0) is 4.74 Å². The molecule has 0 spiro atoms. The van der Waals surface area contributed by atoms with Gasteiger partial charge in [-0.15, -0.1) is 0 Å². The van der Waals surface area contributed by atoms with Crippen molar-refractivity contribution in [2.75, 3.05) is 0 Å². The highest BCUT2D eigenvalue weighted by Crippen LogP contribution is 2.44. The number of rotatable bonds is 3. The molecule has 3 nitrogen and oxygen atoms in total. The Balaban J connectivity index is 2.28. The van der Waals surface area contributed by atoms with E-state index in [-0.39, 0.29) is 17.7 Å². The maximum Gasteiger partial charge on any atom is 0.205 e. The van der Waals surface area contributed by atoms with Crippen LogP contribution >= 0.6 is 0 Å². The van der Waals surface area contributed by atoms with Crippen LogP contribution in [0.1, 0.15) is 25.0 Å². The Labute approximate surface area is 142 Å². The Morgan fingerprint density at radius 2 is 1.50 bits per heavy atom. The van der Waals surface area contributed by atoms with Crippen molar-refractivity contribution < 1.29 is 4.74 Å². The van der Waals surface area contributed by atoms with E-state index in [9.17, 15) is 5.26 Å². The molecule has 0 aliphatic carbocycles. The molecule has 2 N–H and O–H groups in total. The van der Waals surface area contributed by atoms with Crippen molar-refractivity contribution in [1.29, 1.82) is 5.26 Å². The van der Waals surface area contributed by atoms with Gasteiger partial charge in [0.15, 0.2) is 0 Å². The highest BCUT2D eigenvalue weighted by molar-refractivity contribution is 5.92. The van der Waals surface area contributed by atoms with E-state index in [4.69, 9.17) is 10.5 Å². The third-order valence-corrected chi connectivity index (χ3v) is 4.25. The Morgan fingerprint density at radius 1 is 0.958 bits per heavy atom. The molecule has 0 bridgehead atoms. The molecular formula is C21H20N2O. The van der Waals surface area contributed by atoms with Gasteiger partial charge in [-0.05, 0) is 11.5 Å². The van der Waals surface area contributed by atoms with E-state index >= 15 is 0 Å². The summed E-state index contributed by atoms with van der Waals surface area (Å²) < 4.78 is 5.94. The fraction of sp³-hybridized carbons (Fsp3) is 0.190. The van der Waals surface area contributed by atoms with Gasteiger partial charge in [0.05, 0.1) is 5.57 Å². The molecule has 0 saturated heterocycles. The zero-order valence-corrected chi connectivity index (χ0v) is 13.9. The summed E-state index contributed by atoms with van der Waals surface area (Å²) in [4.78, 5) is 0. The SMILES string of the molecule is CC(C)[C@@H]1C(C#N)=C(N)OC(c2ccccc2)=C1c1ccccc1. The number of allylic oxidation sites excluding steroid dienone is 2. The van der Waals surface area contributed by atoms with Crippen molar-refractivity contribution in [2.24, 2.45) is 17.6 Å². The van der Waals surface area contributed by atoms with Crippen LogP contribution in [0.4, 0.5) is 0 Å². The van der Waals surface area contributed by atoms with Gasteiger partial charge < -0.3 is 10.5 Å². The van der Waals surface area contributed by atoms with Crippen molar-refractivity contribution in [3.8, 4) is 6.07 Å². The molecule has 0 unspecified atom stereocenters. The fourth-order valence-electron chi connectivity index (χ4n) is 3.18. The molecule has 1 aliphatic rings. The van der Waals surface area contributed by atoms with E-state index in [0.29, 0.717) is 5.57 Å². The number of nitrogens with zero attached hydrogens (tertiary/aromatic N) is 1. The van der Waals surface area contributed by atoms with Gasteiger partial charge >= 0.3 is 0 Å². The maximum atomic E-state index is 9.61. The van der Waals surface area contributed by atoms with E-state index in [1.54, 1.807) is 0 Å². The van der Waals surface area contributed by atoms with E-state index in [2.05, 4.69) is 19.9 Å². The van der Waals surface area contributed by atoms with Gasteiger partial charge in [-0.3, -0.25) is 0 Å². The van der Waals surface area contributed by atoms with Gasteiger partial charge in [0, 0.05) is 17.1 Å². The lowest BCUT2D eigenvalue weighted by Crippen LogP contribution is -2.24. The molecular weight excluding hydrogens is 296 g/mol. The van der Waals surface area contributed by atoms with Gasteiger partial charge in [-0.2, -0.15) is 5.26 Å². The van der Waals surface area contributed by atoms with Crippen molar-refractivity contribution >= 4 is 11.3 Å². The fourth-order valence-corrected chi connectivity index (χ4v) is 3.18. The smallest absolute Gasteiger partial charge is 0.205 e. The van der Waals surface area contributed by atoms with E-state index in [1.807, 2.05) is 60.7 Å². The Kier molecular flexibility index (Phi) is 4.39. The normalized spacial score (nSPS) is 17.7. The third-order valence-electron chi connectivity index (χ3n) is 4.25. The van der Waals surface area contributed by atoms with E-state index < -0.39 is 0 Å². The van der Waals surface area contributed by atoms with Crippen LogP contribution in [0.3, 0.4) is 0 Å². The van der Waals surface area contributed by atoms with Crippen LogP contribution in [0.5, 0.6) is 0 Å². The molecule has 0 fully saturated rings. The molecule has 3 rings (SSSR count). The molecule has 0 amide bonds. The topological polar surface area (TPSA) is 59.0 Å². The van der Waals surface area contributed by atoms with E-state index in [1.165, 1.54) is 0 Å². The number of hydrogen-bond acceptors (Lipinski definition) is 3. The van der Waals surface area contributed by atoms with Crippen LogP contribution in [0.2, 0.25) is 0 Å². The number of hydrogen-bond donors (Lipinski definition) is 1. The molecule has 1 atom stereocenters. The van der Waals surface area contributed by atoms with Crippen LogP contribution in [0, 0.1) is 23.2 Å². The lowest BCUT2D eigenvalue weighted by molar-refractivity contribution is 0.347. The first kappa shape index (κ1) is 15.9. The minimum absolute atomic E-state index is 0.0960. The van der Waals surface area contributed by atoms with Gasteiger partial charge in [-0.1, -0.05) is 74.5 Å². The van der Waals surface area contributed by atoms with E-state index in [0.717, 1.165) is 22.5 Å². The van der Waals surface area contributed by atoms with Crippen molar-refractivity contribution in [1.82, 2.24) is 0 Å². The van der Waals surface area contributed by atoms with Gasteiger partial charge in [0.25, 0.3) is 0 Å². The zero-order chi connectivity index (χ0) is 17.1. The third kappa shape index (κ3) is 2.79. The number of nitrogens with two attached hydrogens (primary N) is 1. The summed E-state index contributed by atoms with van der Waals surface area (Å²) in [6.07, 6.45) is 0. The molecule has 0 aromatic heterocycles. The molecule has 0 radical (unpaired) electrons.